The number of aliphatic hydroxyl groups is 1. The van der Waals surface area contributed by atoms with Crippen LogP contribution >= 0.6 is 0 Å². The van der Waals surface area contributed by atoms with E-state index in [0.29, 0.717) is 0 Å². The fourth-order valence-electron chi connectivity index (χ4n) is 1.94. The summed E-state index contributed by atoms with van der Waals surface area (Å²) in [4.78, 5) is 0. The summed E-state index contributed by atoms with van der Waals surface area (Å²) in [5.41, 5.74) is 2.23. The van der Waals surface area contributed by atoms with Crippen molar-refractivity contribution in [1.82, 2.24) is 9.78 Å². The molecule has 2 rings (SSSR count). The minimum absolute atomic E-state index is 0.354. The summed E-state index contributed by atoms with van der Waals surface area (Å²) in [6, 6.07) is 9.81. The summed E-state index contributed by atoms with van der Waals surface area (Å²) in [6.07, 6.45) is 6.29. The largest absolute Gasteiger partial charge is 0.388 e. The Hall–Kier alpha value is -1.61. The second kappa shape index (κ2) is 5.64. The molecule has 0 aliphatic rings. The van der Waals surface area contributed by atoms with Crippen LogP contribution in [0.25, 0.3) is 0 Å². The summed E-state index contributed by atoms with van der Waals surface area (Å²) < 4.78 is 1.81. The Balaban J connectivity index is 1.79. The molecule has 0 aliphatic carbocycles. The van der Waals surface area contributed by atoms with Gasteiger partial charge < -0.3 is 5.11 Å². The molecule has 0 aliphatic heterocycles. The summed E-state index contributed by atoms with van der Waals surface area (Å²) in [5, 5.41) is 14.1. The van der Waals surface area contributed by atoms with Crippen molar-refractivity contribution in [2.45, 2.75) is 25.4 Å². The first kappa shape index (κ1) is 11.9. The molecule has 3 nitrogen and oxygen atoms in total. The molecule has 1 heterocycles. The van der Waals surface area contributed by atoms with Gasteiger partial charge in [-0.25, -0.2) is 0 Å². The van der Waals surface area contributed by atoms with Gasteiger partial charge in [-0.3, -0.25) is 4.68 Å². The molecule has 0 amide bonds. The van der Waals surface area contributed by atoms with Crippen LogP contribution in [0.4, 0.5) is 0 Å². The third-order valence-corrected chi connectivity index (χ3v) is 2.89. The monoisotopic (exact) mass is 230 g/mol. The lowest BCUT2D eigenvalue weighted by Crippen LogP contribution is -1.97. The molecule has 1 aromatic carbocycles. The molecule has 0 radical (unpaired) electrons. The summed E-state index contributed by atoms with van der Waals surface area (Å²) in [7, 11) is 1.92. The van der Waals surface area contributed by atoms with Gasteiger partial charge >= 0.3 is 0 Å². The first-order chi connectivity index (χ1) is 8.25. The minimum Gasteiger partial charge on any atom is -0.388 e. The van der Waals surface area contributed by atoms with Crippen LogP contribution in [0.2, 0.25) is 0 Å². The van der Waals surface area contributed by atoms with Gasteiger partial charge in [-0.1, -0.05) is 30.3 Å². The zero-order chi connectivity index (χ0) is 12.1. The minimum atomic E-state index is -0.354. The van der Waals surface area contributed by atoms with Crippen molar-refractivity contribution in [3.8, 4) is 0 Å². The standard InChI is InChI=1S/C14H18N2O/c1-16-11-12(10-15-16)6-5-9-14(17)13-7-3-2-4-8-13/h2-4,7-8,10-11,14,17H,5-6,9H2,1H3. The van der Waals surface area contributed by atoms with Gasteiger partial charge in [-0.15, -0.1) is 0 Å². The average Bonchev–Trinajstić information content (AvgIpc) is 2.76. The van der Waals surface area contributed by atoms with Crippen LogP contribution in [0.3, 0.4) is 0 Å². The summed E-state index contributed by atoms with van der Waals surface area (Å²) in [6.45, 7) is 0. The third kappa shape index (κ3) is 3.43. The summed E-state index contributed by atoms with van der Waals surface area (Å²) in [5.74, 6) is 0. The topological polar surface area (TPSA) is 38.0 Å². The number of aromatic nitrogens is 2. The molecular weight excluding hydrogens is 212 g/mol. The van der Waals surface area contributed by atoms with E-state index in [1.54, 1.807) is 0 Å². The highest BCUT2D eigenvalue weighted by molar-refractivity contribution is 5.17. The molecular formula is C14H18N2O. The van der Waals surface area contributed by atoms with Gasteiger partial charge in [-0.2, -0.15) is 5.10 Å². The molecule has 0 fully saturated rings. The first-order valence-electron chi connectivity index (χ1n) is 5.96. The van der Waals surface area contributed by atoms with Crippen molar-refractivity contribution in [2.24, 2.45) is 7.05 Å². The maximum absolute atomic E-state index is 9.98. The molecule has 2 aromatic rings. The zero-order valence-electron chi connectivity index (χ0n) is 10.1. The van der Waals surface area contributed by atoms with E-state index in [1.165, 1.54) is 5.56 Å². The second-order valence-corrected chi connectivity index (χ2v) is 4.34. The van der Waals surface area contributed by atoms with Gasteiger partial charge in [0.05, 0.1) is 12.3 Å². The molecule has 0 saturated heterocycles. The number of aryl methyl sites for hydroxylation is 2. The molecule has 90 valence electrons. The number of hydrogen-bond donors (Lipinski definition) is 1. The van der Waals surface area contributed by atoms with Crippen molar-refractivity contribution < 1.29 is 5.11 Å². The van der Waals surface area contributed by atoms with Crippen molar-refractivity contribution in [3.05, 3.63) is 53.9 Å². The van der Waals surface area contributed by atoms with Crippen LogP contribution in [0.15, 0.2) is 42.7 Å². The normalized spacial score (nSPS) is 12.6. The first-order valence-corrected chi connectivity index (χ1v) is 5.96. The van der Waals surface area contributed by atoms with Gasteiger partial charge in [0.1, 0.15) is 0 Å². The van der Waals surface area contributed by atoms with E-state index >= 15 is 0 Å². The summed E-state index contributed by atoms with van der Waals surface area (Å²) >= 11 is 0. The quantitative estimate of drug-likeness (QED) is 0.857. The predicted octanol–water partition coefficient (Wildman–Crippen LogP) is 2.48. The van der Waals surface area contributed by atoms with Crippen LogP contribution in [-0.4, -0.2) is 14.9 Å². The lowest BCUT2D eigenvalue weighted by atomic mass is 10.0. The number of rotatable bonds is 5. The highest BCUT2D eigenvalue weighted by atomic mass is 16.3. The van der Waals surface area contributed by atoms with E-state index < -0.39 is 0 Å². The van der Waals surface area contributed by atoms with Crippen molar-refractivity contribution in [2.75, 3.05) is 0 Å². The molecule has 1 aromatic heterocycles. The highest BCUT2D eigenvalue weighted by Crippen LogP contribution is 2.18. The predicted molar refractivity (Wildman–Crippen MR) is 67.5 cm³/mol. The van der Waals surface area contributed by atoms with E-state index in [2.05, 4.69) is 5.10 Å². The molecule has 17 heavy (non-hydrogen) atoms. The SMILES string of the molecule is Cn1cc(CCCC(O)c2ccccc2)cn1. The number of benzene rings is 1. The lowest BCUT2D eigenvalue weighted by Gasteiger charge is -2.09. The number of nitrogens with zero attached hydrogens (tertiary/aromatic N) is 2. The molecule has 1 atom stereocenters. The van der Waals surface area contributed by atoms with Gasteiger partial charge in [0, 0.05) is 13.2 Å². The Morgan fingerprint density at radius 2 is 2.06 bits per heavy atom. The van der Waals surface area contributed by atoms with Crippen LogP contribution in [0, 0.1) is 0 Å². The van der Waals surface area contributed by atoms with Gasteiger partial charge in [0.15, 0.2) is 0 Å². The molecule has 3 heteroatoms. The third-order valence-electron chi connectivity index (χ3n) is 2.89. The van der Waals surface area contributed by atoms with E-state index in [1.807, 2.05) is 54.5 Å². The van der Waals surface area contributed by atoms with Crippen molar-refractivity contribution >= 4 is 0 Å². The van der Waals surface area contributed by atoms with Gasteiger partial charge in [-0.05, 0) is 30.4 Å². The molecule has 1 unspecified atom stereocenters. The lowest BCUT2D eigenvalue weighted by molar-refractivity contribution is 0.164. The van der Waals surface area contributed by atoms with E-state index in [-0.39, 0.29) is 6.10 Å². The molecule has 0 spiro atoms. The Kier molecular flexibility index (Phi) is 3.94. The van der Waals surface area contributed by atoms with Crippen molar-refractivity contribution in [3.63, 3.8) is 0 Å². The molecule has 1 N–H and O–H groups in total. The Morgan fingerprint density at radius 3 is 2.71 bits per heavy atom. The Morgan fingerprint density at radius 1 is 1.29 bits per heavy atom. The van der Waals surface area contributed by atoms with Crippen LogP contribution in [0.5, 0.6) is 0 Å². The molecule has 0 saturated carbocycles. The second-order valence-electron chi connectivity index (χ2n) is 4.34. The zero-order valence-corrected chi connectivity index (χ0v) is 10.1. The van der Waals surface area contributed by atoms with E-state index in [0.717, 1.165) is 24.8 Å². The number of hydrogen-bond acceptors (Lipinski definition) is 2. The van der Waals surface area contributed by atoms with Crippen molar-refractivity contribution in [1.29, 1.82) is 0 Å². The fraction of sp³-hybridized carbons (Fsp3) is 0.357. The Labute approximate surface area is 102 Å². The maximum atomic E-state index is 9.98. The number of aliphatic hydroxyl groups excluding tert-OH is 1. The maximum Gasteiger partial charge on any atom is 0.0790 e. The van der Waals surface area contributed by atoms with Crippen LogP contribution in [0.1, 0.15) is 30.1 Å². The van der Waals surface area contributed by atoms with Gasteiger partial charge in [0.25, 0.3) is 0 Å². The van der Waals surface area contributed by atoms with Crippen LogP contribution in [-0.2, 0) is 13.5 Å². The molecule has 0 bridgehead atoms. The average molecular weight is 230 g/mol. The Bertz CT molecular complexity index is 450. The fourth-order valence-corrected chi connectivity index (χ4v) is 1.94. The van der Waals surface area contributed by atoms with Crippen LogP contribution < -0.4 is 0 Å². The highest BCUT2D eigenvalue weighted by Gasteiger charge is 2.06. The van der Waals surface area contributed by atoms with E-state index in [4.69, 9.17) is 0 Å². The smallest absolute Gasteiger partial charge is 0.0790 e. The van der Waals surface area contributed by atoms with E-state index in [9.17, 15) is 5.11 Å². The van der Waals surface area contributed by atoms with Gasteiger partial charge in [0.2, 0.25) is 0 Å².